The Balaban J connectivity index is 1.42. The number of anilines is 1. The predicted molar refractivity (Wildman–Crippen MR) is 123 cm³/mol. The molecule has 2 aliphatic heterocycles. The van der Waals surface area contributed by atoms with Crippen molar-refractivity contribution in [3.05, 3.63) is 68.6 Å². The molecule has 3 heterocycles. The number of esters is 1. The monoisotopic (exact) mass is 503 g/mol. The number of nitrogens with one attached hydrogen (secondary N) is 1. The van der Waals surface area contributed by atoms with Gasteiger partial charge in [0.05, 0.1) is 15.8 Å². The van der Waals surface area contributed by atoms with E-state index in [1.165, 1.54) is 40.6 Å². The fourth-order valence-corrected chi connectivity index (χ4v) is 7.17. The third-order valence-corrected chi connectivity index (χ3v) is 8.85. The molecule has 3 aromatic rings. The summed E-state index contributed by atoms with van der Waals surface area (Å²) >= 11 is 2.40. The fraction of sp³-hybridized carbons (Fsp3) is 0.190. The van der Waals surface area contributed by atoms with E-state index < -0.39 is 21.8 Å². The number of aromatic nitrogens is 1. The van der Waals surface area contributed by atoms with Crippen LogP contribution >= 0.6 is 23.1 Å². The van der Waals surface area contributed by atoms with Crippen LogP contribution in [0.2, 0.25) is 0 Å². The molecular weight excluding hydrogens is 486 g/mol. The number of benzene rings is 2. The van der Waals surface area contributed by atoms with E-state index in [2.05, 4.69) is 5.32 Å². The zero-order valence-corrected chi connectivity index (χ0v) is 19.3. The molecule has 0 saturated carbocycles. The third kappa shape index (κ3) is 3.99. The van der Waals surface area contributed by atoms with Crippen molar-refractivity contribution in [2.24, 2.45) is 11.1 Å². The molecule has 0 radical (unpaired) electrons. The standard InChI is InChI=1S/C21H17N3O6S3/c22-33(28,29)12-7-5-11(6-8-12)23-16(25)9-24-19-18(32-21(24)27)17-13-3-1-2-4-15(13)30-20(26)14(17)10-31-19/h1-8,14,17H,9-10H2,(H,23,25)(H2,22,28,29)/t14-,17-/m1/s1. The van der Waals surface area contributed by atoms with Crippen LogP contribution in [0.1, 0.15) is 16.4 Å². The normalized spacial score (nSPS) is 19.1. The Hall–Kier alpha value is -2.93. The van der Waals surface area contributed by atoms with Gasteiger partial charge in [0.2, 0.25) is 15.9 Å². The predicted octanol–water partition coefficient (Wildman–Crippen LogP) is 1.97. The SMILES string of the molecule is NS(=O)(=O)c1ccc(NC(=O)Cn2c3c(sc2=O)[C@@H]2c4ccccc4OC(=O)[C@@H]2CS3)cc1. The Kier molecular flexibility index (Phi) is 5.40. The molecule has 2 atom stereocenters. The number of rotatable bonds is 4. The molecule has 1 aromatic heterocycles. The second-order valence-electron chi connectivity index (χ2n) is 7.60. The first-order valence-corrected chi connectivity index (χ1v) is 13.2. The summed E-state index contributed by atoms with van der Waals surface area (Å²) in [6.45, 7) is -0.210. The van der Waals surface area contributed by atoms with Gasteiger partial charge >= 0.3 is 10.8 Å². The summed E-state index contributed by atoms with van der Waals surface area (Å²) in [5.74, 6) is -0.495. The quantitative estimate of drug-likeness (QED) is 0.410. The fourth-order valence-electron chi connectivity index (χ4n) is 3.99. The molecule has 0 saturated heterocycles. The van der Waals surface area contributed by atoms with Gasteiger partial charge in [-0.2, -0.15) is 0 Å². The smallest absolute Gasteiger partial charge is 0.316 e. The lowest BCUT2D eigenvalue weighted by molar-refractivity contribution is -0.140. The van der Waals surface area contributed by atoms with E-state index in [-0.39, 0.29) is 28.2 Å². The summed E-state index contributed by atoms with van der Waals surface area (Å²) < 4.78 is 29.6. The molecule has 0 fully saturated rings. The van der Waals surface area contributed by atoms with Crippen LogP contribution in [0.5, 0.6) is 5.75 Å². The number of amides is 1. The van der Waals surface area contributed by atoms with Crippen molar-refractivity contribution in [2.45, 2.75) is 22.4 Å². The Morgan fingerprint density at radius 1 is 1.15 bits per heavy atom. The molecule has 0 aliphatic carbocycles. The molecule has 0 spiro atoms. The molecule has 3 N–H and O–H groups in total. The number of fused-ring (bicyclic) bond motifs is 5. The largest absolute Gasteiger partial charge is 0.426 e. The maximum atomic E-state index is 12.8. The first-order valence-electron chi connectivity index (χ1n) is 9.82. The van der Waals surface area contributed by atoms with Gasteiger partial charge in [-0.05, 0) is 30.3 Å². The Morgan fingerprint density at radius 3 is 2.61 bits per heavy atom. The maximum Gasteiger partial charge on any atom is 0.316 e. The average Bonchev–Trinajstić information content (AvgIpc) is 3.08. The van der Waals surface area contributed by atoms with Crippen LogP contribution in [0, 0.1) is 5.92 Å². The zero-order valence-electron chi connectivity index (χ0n) is 16.9. The minimum Gasteiger partial charge on any atom is -0.426 e. The van der Waals surface area contributed by atoms with Gasteiger partial charge in [0.15, 0.2) is 0 Å². The van der Waals surface area contributed by atoms with Crippen molar-refractivity contribution < 1.29 is 22.7 Å². The van der Waals surface area contributed by atoms with Crippen molar-refractivity contribution in [1.82, 2.24) is 4.57 Å². The number of para-hydroxylation sites is 1. The van der Waals surface area contributed by atoms with Gasteiger partial charge in [-0.15, -0.1) is 11.8 Å². The van der Waals surface area contributed by atoms with Crippen molar-refractivity contribution in [2.75, 3.05) is 11.1 Å². The summed E-state index contributed by atoms with van der Waals surface area (Å²) in [5.41, 5.74) is 1.23. The van der Waals surface area contributed by atoms with Crippen LogP contribution in [0.25, 0.3) is 0 Å². The zero-order chi connectivity index (χ0) is 23.3. The Morgan fingerprint density at radius 2 is 1.88 bits per heavy atom. The summed E-state index contributed by atoms with van der Waals surface area (Å²) in [5, 5.41) is 8.42. The number of nitrogens with zero attached hydrogens (tertiary/aromatic N) is 1. The lowest BCUT2D eigenvalue weighted by Gasteiger charge is -2.34. The Labute approximate surface area is 196 Å². The Bertz CT molecular complexity index is 1440. The van der Waals surface area contributed by atoms with E-state index in [1.54, 1.807) is 12.1 Å². The van der Waals surface area contributed by atoms with Crippen molar-refractivity contribution in [3.8, 4) is 5.75 Å². The van der Waals surface area contributed by atoms with Crippen LogP contribution in [0.3, 0.4) is 0 Å². The summed E-state index contributed by atoms with van der Waals surface area (Å²) in [4.78, 5) is 38.4. The molecule has 1 amide bonds. The third-order valence-electron chi connectivity index (χ3n) is 5.49. The molecule has 2 aromatic carbocycles. The topological polar surface area (TPSA) is 138 Å². The lowest BCUT2D eigenvalue weighted by atomic mass is 9.83. The number of carbonyl (C=O) groups is 2. The van der Waals surface area contributed by atoms with Crippen LogP contribution in [0.15, 0.2) is 63.2 Å². The first kappa shape index (κ1) is 21.9. The highest BCUT2D eigenvalue weighted by Gasteiger charge is 2.44. The molecule has 170 valence electrons. The molecule has 12 heteroatoms. The summed E-state index contributed by atoms with van der Waals surface area (Å²) in [6.07, 6.45) is 0. The van der Waals surface area contributed by atoms with Gasteiger partial charge in [-0.1, -0.05) is 29.5 Å². The molecule has 5 rings (SSSR count). The molecule has 2 aliphatic rings. The highest BCUT2D eigenvalue weighted by Crippen LogP contribution is 2.50. The van der Waals surface area contributed by atoms with Gasteiger partial charge in [0.1, 0.15) is 12.3 Å². The molecular formula is C21H17N3O6S3. The average molecular weight is 504 g/mol. The number of carbonyl (C=O) groups excluding carboxylic acids is 2. The number of ether oxygens (including phenoxy) is 1. The second-order valence-corrected chi connectivity index (χ2v) is 11.2. The first-order chi connectivity index (χ1) is 15.7. The number of thioether (sulfide) groups is 1. The number of sulfonamides is 1. The molecule has 33 heavy (non-hydrogen) atoms. The van der Waals surface area contributed by atoms with Gasteiger partial charge in [-0.25, -0.2) is 13.6 Å². The van der Waals surface area contributed by atoms with E-state index in [4.69, 9.17) is 9.88 Å². The van der Waals surface area contributed by atoms with E-state index in [1.807, 2.05) is 12.1 Å². The molecule has 0 unspecified atom stereocenters. The number of hydrogen-bond acceptors (Lipinski definition) is 8. The van der Waals surface area contributed by atoms with Crippen LogP contribution in [-0.4, -0.2) is 30.6 Å². The van der Waals surface area contributed by atoms with E-state index >= 15 is 0 Å². The number of thiazole rings is 1. The van der Waals surface area contributed by atoms with Gasteiger partial charge < -0.3 is 10.1 Å². The van der Waals surface area contributed by atoms with E-state index in [0.29, 0.717) is 22.2 Å². The lowest BCUT2D eigenvalue weighted by Crippen LogP contribution is -2.36. The van der Waals surface area contributed by atoms with E-state index in [9.17, 15) is 22.8 Å². The minimum atomic E-state index is -3.83. The highest BCUT2D eigenvalue weighted by atomic mass is 32.2. The van der Waals surface area contributed by atoms with Gasteiger partial charge in [0, 0.05) is 27.8 Å². The summed E-state index contributed by atoms with van der Waals surface area (Å²) in [7, 11) is -3.83. The van der Waals surface area contributed by atoms with E-state index in [0.717, 1.165) is 21.8 Å². The highest BCUT2D eigenvalue weighted by molar-refractivity contribution is 7.99. The van der Waals surface area contributed by atoms with Crippen LogP contribution < -0.4 is 20.1 Å². The van der Waals surface area contributed by atoms with Crippen molar-refractivity contribution in [3.63, 3.8) is 0 Å². The van der Waals surface area contributed by atoms with Crippen LogP contribution in [0.4, 0.5) is 5.69 Å². The van der Waals surface area contributed by atoms with Gasteiger partial charge in [-0.3, -0.25) is 19.0 Å². The number of hydrogen-bond donors (Lipinski definition) is 2. The maximum absolute atomic E-state index is 12.8. The number of nitrogens with two attached hydrogens (primary N) is 1. The van der Waals surface area contributed by atoms with Crippen molar-refractivity contribution >= 4 is 50.7 Å². The minimum absolute atomic E-state index is 0.0686. The molecule has 0 bridgehead atoms. The molecule has 9 nitrogen and oxygen atoms in total. The second kappa shape index (κ2) is 8.13. The van der Waals surface area contributed by atoms with Gasteiger partial charge in [0.25, 0.3) is 0 Å². The van der Waals surface area contributed by atoms with Crippen LogP contribution in [-0.2, 0) is 26.2 Å². The summed E-state index contributed by atoms with van der Waals surface area (Å²) in [6, 6.07) is 12.7. The van der Waals surface area contributed by atoms with Crippen molar-refractivity contribution in [1.29, 1.82) is 0 Å². The number of primary sulfonamides is 1.